The van der Waals surface area contributed by atoms with Crippen LogP contribution in [0.3, 0.4) is 0 Å². The fourth-order valence-electron chi connectivity index (χ4n) is 2.07. The number of aromatic amines is 1. The summed E-state index contributed by atoms with van der Waals surface area (Å²) in [6.45, 7) is 0. The van der Waals surface area contributed by atoms with E-state index in [9.17, 15) is 4.79 Å². The van der Waals surface area contributed by atoms with E-state index in [0.717, 1.165) is 19.8 Å². The minimum absolute atomic E-state index is 0.0191. The summed E-state index contributed by atoms with van der Waals surface area (Å²) in [6.07, 6.45) is 1.76. The van der Waals surface area contributed by atoms with Crippen LogP contribution in [0.4, 0.5) is 0 Å². The van der Waals surface area contributed by atoms with Gasteiger partial charge in [0.1, 0.15) is 0 Å². The topological polar surface area (TPSA) is 32.9 Å². The molecule has 0 aliphatic rings. The molecule has 2 nitrogen and oxygen atoms in total. The summed E-state index contributed by atoms with van der Waals surface area (Å²) < 4.78 is 1.86. The molecule has 0 spiro atoms. The molecule has 0 atom stereocenters. The van der Waals surface area contributed by atoms with Crippen molar-refractivity contribution >= 4 is 48.5 Å². The Morgan fingerprint density at radius 1 is 1.00 bits per heavy atom. The van der Waals surface area contributed by atoms with Crippen molar-refractivity contribution in [3.8, 4) is 0 Å². The van der Waals surface area contributed by atoms with Gasteiger partial charge in [0.25, 0.3) is 0 Å². The van der Waals surface area contributed by atoms with Crippen molar-refractivity contribution in [2.45, 2.75) is 0 Å². The number of hydrogen-bond acceptors (Lipinski definition) is 1. The number of ketones is 1. The molecule has 0 amide bonds. The Kier molecular flexibility index (Phi) is 3.29. The Morgan fingerprint density at radius 2 is 1.79 bits per heavy atom. The van der Waals surface area contributed by atoms with Gasteiger partial charge in [-0.3, -0.25) is 4.79 Å². The predicted molar refractivity (Wildman–Crippen MR) is 83.6 cm³/mol. The summed E-state index contributed by atoms with van der Waals surface area (Å²) >= 11 is 6.82. The fourth-order valence-corrected chi connectivity index (χ4v) is 2.83. The minimum atomic E-state index is 0.0191. The van der Waals surface area contributed by atoms with Crippen LogP contribution in [0.5, 0.6) is 0 Å². The fraction of sp³-hybridized carbons (Fsp3) is 0. The number of halogens is 2. The molecule has 0 radical (unpaired) electrons. The molecular formula is C15H9Br2NO. The summed E-state index contributed by atoms with van der Waals surface area (Å²) in [5, 5.41) is 0.930. The van der Waals surface area contributed by atoms with E-state index in [1.54, 1.807) is 6.20 Å². The van der Waals surface area contributed by atoms with Gasteiger partial charge in [-0.05, 0) is 30.3 Å². The van der Waals surface area contributed by atoms with Crippen molar-refractivity contribution in [2.75, 3.05) is 0 Å². The molecule has 1 N–H and O–H groups in total. The zero-order chi connectivity index (χ0) is 13.4. The first kappa shape index (κ1) is 12.6. The molecule has 1 heterocycles. The Labute approximate surface area is 127 Å². The van der Waals surface area contributed by atoms with Gasteiger partial charge in [-0.2, -0.15) is 0 Å². The molecule has 1 aromatic heterocycles. The summed E-state index contributed by atoms with van der Waals surface area (Å²) in [5.41, 5.74) is 2.33. The van der Waals surface area contributed by atoms with Gasteiger partial charge in [0, 0.05) is 37.2 Å². The Morgan fingerprint density at radius 3 is 2.58 bits per heavy atom. The molecule has 0 unspecified atom stereocenters. The monoisotopic (exact) mass is 377 g/mol. The zero-order valence-electron chi connectivity index (χ0n) is 9.78. The summed E-state index contributed by atoms with van der Waals surface area (Å²) in [4.78, 5) is 15.7. The molecule has 0 saturated heterocycles. The van der Waals surface area contributed by atoms with Crippen LogP contribution in [0.15, 0.2) is 57.6 Å². The van der Waals surface area contributed by atoms with Gasteiger partial charge in [0.05, 0.1) is 0 Å². The third-order valence-corrected chi connectivity index (χ3v) is 3.96. The van der Waals surface area contributed by atoms with E-state index in [1.807, 2.05) is 42.5 Å². The number of rotatable bonds is 2. The van der Waals surface area contributed by atoms with Crippen molar-refractivity contribution in [1.82, 2.24) is 4.98 Å². The summed E-state index contributed by atoms with van der Waals surface area (Å²) in [5.74, 6) is 0.0191. The zero-order valence-corrected chi connectivity index (χ0v) is 13.0. The molecule has 0 bridgehead atoms. The van der Waals surface area contributed by atoms with E-state index in [-0.39, 0.29) is 5.78 Å². The molecule has 19 heavy (non-hydrogen) atoms. The predicted octanol–water partition coefficient (Wildman–Crippen LogP) is 4.92. The van der Waals surface area contributed by atoms with E-state index in [4.69, 9.17) is 0 Å². The molecule has 3 rings (SSSR count). The first-order valence-corrected chi connectivity index (χ1v) is 7.30. The minimum Gasteiger partial charge on any atom is -0.360 e. The molecular weight excluding hydrogens is 370 g/mol. The average Bonchev–Trinajstić information content (AvgIpc) is 2.80. The highest BCUT2D eigenvalue weighted by atomic mass is 79.9. The van der Waals surface area contributed by atoms with Crippen LogP contribution < -0.4 is 0 Å². The van der Waals surface area contributed by atoms with Crippen molar-refractivity contribution in [1.29, 1.82) is 0 Å². The van der Waals surface area contributed by atoms with Crippen LogP contribution in [0.25, 0.3) is 10.9 Å². The Hall–Kier alpha value is -1.39. The van der Waals surface area contributed by atoms with Gasteiger partial charge in [-0.15, -0.1) is 0 Å². The number of aromatic nitrogens is 1. The summed E-state index contributed by atoms with van der Waals surface area (Å²) in [6, 6.07) is 13.3. The number of carbonyl (C=O) groups is 1. The van der Waals surface area contributed by atoms with Gasteiger partial charge in [-0.25, -0.2) is 0 Å². The number of carbonyl (C=O) groups excluding carboxylic acids is 1. The molecule has 0 fully saturated rings. The largest absolute Gasteiger partial charge is 0.360 e. The van der Waals surface area contributed by atoms with Crippen LogP contribution in [0, 0.1) is 0 Å². The maximum absolute atomic E-state index is 12.5. The standard InChI is InChI=1S/C15H9Br2NO/c16-10-3-1-2-9(6-10)15(19)13-8-18-14-5-4-11(17)7-12(13)14/h1-8,18H. The summed E-state index contributed by atoms with van der Waals surface area (Å²) in [7, 11) is 0. The first-order valence-electron chi connectivity index (χ1n) is 5.72. The van der Waals surface area contributed by atoms with Gasteiger partial charge in [0.15, 0.2) is 5.78 Å². The van der Waals surface area contributed by atoms with Gasteiger partial charge < -0.3 is 4.98 Å². The molecule has 0 aliphatic heterocycles. The van der Waals surface area contributed by atoms with Crippen molar-refractivity contribution in [3.05, 3.63) is 68.7 Å². The van der Waals surface area contributed by atoms with Crippen LogP contribution in [-0.4, -0.2) is 10.8 Å². The molecule has 4 heteroatoms. The van der Waals surface area contributed by atoms with Gasteiger partial charge in [0.2, 0.25) is 0 Å². The van der Waals surface area contributed by atoms with Crippen molar-refractivity contribution in [2.24, 2.45) is 0 Å². The van der Waals surface area contributed by atoms with Crippen LogP contribution in [0.2, 0.25) is 0 Å². The molecule has 0 aliphatic carbocycles. The van der Waals surface area contributed by atoms with Crippen LogP contribution in [-0.2, 0) is 0 Å². The smallest absolute Gasteiger partial charge is 0.195 e. The van der Waals surface area contributed by atoms with E-state index in [2.05, 4.69) is 36.8 Å². The van der Waals surface area contributed by atoms with Crippen molar-refractivity contribution < 1.29 is 4.79 Å². The third kappa shape index (κ3) is 2.38. The number of H-pyrrole nitrogens is 1. The first-order chi connectivity index (χ1) is 9.15. The molecule has 3 aromatic rings. The lowest BCUT2D eigenvalue weighted by atomic mass is 10.0. The average molecular weight is 379 g/mol. The second kappa shape index (κ2) is 4.94. The van der Waals surface area contributed by atoms with Gasteiger partial charge in [-0.1, -0.05) is 44.0 Å². The molecule has 2 aromatic carbocycles. The highest BCUT2D eigenvalue weighted by Gasteiger charge is 2.14. The Balaban J connectivity index is 2.14. The highest BCUT2D eigenvalue weighted by molar-refractivity contribution is 9.10. The second-order valence-electron chi connectivity index (χ2n) is 4.23. The van der Waals surface area contributed by atoms with E-state index in [0.29, 0.717) is 11.1 Å². The van der Waals surface area contributed by atoms with Crippen LogP contribution in [0.1, 0.15) is 15.9 Å². The third-order valence-electron chi connectivity index (χ3n) is 2.98. The highest BCUT2D eigenvalue weighted by Crippen LogP contribution is 2.25. The number of benzene rings is 2. The van der Waals surface area contributed by atoms with E-state index >= 15 is 0 Å². The maximum Gasteiger partial charge on any atom is 0.195 e. The quantitative estimate of drug-likeness (QED) is 0.630. The van der Waals surface area contributed by atoms with Crippen molar-refractivity contribution in [3.63, 3.8) is 0 Å². The lowest BCUT2D eigenvalue weighted by molar-refractivity contribution is 0.104. The SMILES string of the molecule is O=C(c1cccc(Br)c1)c1c[nH]c2ccc(Br)cc12. The normalized spacial score (nSPS) is 10.8. The number of fused-ring (bicyclic) bond motifs is 1. The number of hydrogen-bond donors (Lipinski definition) is 1. The second-order valence-corrected chi connectivity index (χ2v) is 6.06. The lowest BCUT2D eigenvalue weighted by Crippen LogP contribution is -1.99. The van der Waals surface area contributed by atoms with Gasteiger partial charge >= 0.3 is 0 Å². The number of nitrogens with one attached hydrogen (secondary N) is 1. The molecule has 94 valence electrons. The molecule has 0 saturated carbocycles. The maximum atomic E-state index is 12.5. The van der Waals surface area contributed by atoms with E-state index < -0.39 is 0 Å². The van der Waals surface area contributed by atoms with E-state index in [1.165, 1.54) is 0 Å². The van der Waals surface area contributed by atoms with Crippen LogP contribution >= 0.6 is 31.9 Å². The lowest BCUT2D eigenvalue weighted by Gasteiger charge is -2.01. The Bertz CT molecular complexity index is 777.